The lowest BCUT2D eigenvalue weighted by Crippen LogP contribution is -2.15. The number of hydrogen-bond acceptors (Lipinski definition) is 2. The van der Waals surface area contributed by atoms with Crippen molar-refractivity contribution in [2.24, 2.45) is 11.8 Å². The number of halogens is 1. The standard InChI is InChI=1S/C14H17ClN2/c1-9-4-12(8-17-14(9)15)10-2-3-11-6-16-7-13(11)5-10/h4-5,8,11,13,16H,2-3,6-7H2,1H3/t11-,13+/m0/s1. The van der Waals surface area contributed by atoms with Crippen molar-refractivity contribution in [3.05, 3.63) is 34.6 Å². The third kappa shape index (κ3) is 2.12. The molecule has 2 aliphatic rings. The van der Waals surface area contributed by atoms with Crippen LogP contribution in [0.3, 0.4) is 0 Å². The Morgan fingerprint density at radius 2 is 2.29 bits per heavy atom. The maximum Gasteiger partial charge on any atom is 0.131 e. The molecule has 2 atom stereocenters. The molecule has 0 bridgehead atoms. The monoisotopic (exact) mass is 248 g/mol. The zero-order valence-corrected chi connectivity index (χ0v) is 10.8. The lowest BCUT2D eigenvalue weighted by molar-refractivity contribution is 0.448. The number of allylic oxidation sites excluding steroid dienone is 1. The van der Waals surface area contributed by atoms with Crippen molar-refractivity contribution in [3.8, 4) is 0 Å². The van der Waals surface area contributed by atoms with Crippen molar-refractivity contribution in [1.29, 1.82) is 0 Å². The SMILES string of the molecule is Cc1cc(C2=C[C@@H]3CNC[C@@H]3CC2)cnc1Cl. The first kappa shape index (κ1) is 11.2. The first-order valence-electron chi connectivity index (χ1n) is 6.28. The first-order chi connectivity index (χ1) is 8.24. The van der Waals surface area contributed by atoms with Gasteiger partial charge in [0.25, 0.3) is 0 Å². The van der Waals surface area contributed by atoms with Gasteiger partial charge in [0.1, 0.15) is 5.15 Å². The van der Waals surface area contributed by atoms with Crippen molar-refractivity contribution in [1.82, 2.24) is 10.3 Å². The van der Waals surface area contributed by atoms with Crippen LogP contribution in [0.25, 0.3) is 5.57 Å². The summed E-state index contributed by atoms with van der Waals surface area (Å²) in [5.41, 5.74) is 3.76. The number of fused-ring (bicyclic) bond motifs is 1. The predicted octanol–water partition coefficient (Wildman–Crippen LogP) is 3.06. The molecule has 1 aromatic rings. The van der Waals surface area contributed by atoms with E-state index >= 15 is 0 Å². The van der Waals surface area contributed by atoms with Crippen molar-refractivity contribution < 1.29 is 0 Å². The molecule has 0 saturated carbocycles. The van der Waals surface area contributed by atoms with Crippen molar-refractivity contribution in [2.45, 2.75) is 19.8 Å². The van der Waals surface area contributed by atoms with Gasteiger partial charge in [-0.2, -0.15) is 0 Å². The van der Waals surface area contributed by atoms with Gasteiger partial charge in [0.2, 0.25) is 0 Å². The van der Waals surface area contributed by atoms with E-state index in [-0.39, 0.29) is 0 Å². The summed E-state index contributed by atoms with van der Waals surface area (Å²) in [7, 11) is 0. The highest BCUT2D eigenvalue weighted by Gasteiger charge is 2.29. The number of nitrogens with one attached hydrogen (secondary N) is 1. The van der Waals surface area contributed by atoms with Gasteiger partial charge in [0, 0.05) is 12.7 Å². The van der Waals surface area contributed by atoms with Crippen LogP contribution < -0.4 is 5.32 Å². The first-order valence-corrected chi connectivity index (χ1v) is 6.66. The summed E-state index contributed by atoms with van der Waals surface area (Å²) in [6.07, 6.45) is 6.82. The number of pyridine rings is 1. The molecule has 3 rings (SSSR count). The Kier molecular flexibility index (Phi) is 2.93. The summed E-state index contributed by atoms with van der Waals surface area (Å²) >= 11 is 5.97. The van der Waals surface area contributed by atoms with E-state index in [1.807, 2.05) is 13.1 Å². The fourth-order valence-electron chi connectivity index (χ4n) is 2.92. The van der Waals surface area contributed by atoms with E-state index in [1.165, 1.54) is 30.5 Å². The van der Waals surface area contributed by atoms with Gasteiger partial charge in [0.15, 0.2) is 0 Å². The Morgan fingerprint density at radius 3 is 3.12 bits per heavy atom. The fourth-order valence-corrected chi connectivity index (χ4v) is 3.02. The summed E-state index contributed by atoms with van der Waals surface area (Å²) in [6.45, 7) is 4.34. The van der Waals surface area contributed by atoms with Crippen LogP contribution in [-0.2, 0) is 0 Å². The molecule has 1 N–H and O–H groups in total. The highest BCUT2D eigenvalue weighted by Crippen LogP contribution is 2.35. The van der Waals surface area contributed by atoms with Crippen LogP contribution in [0.15, 0.2) is 18.3 Å². The molecule has 17 heavy (non-hydrogen) atoms. The topological polar surface area (TPSA) is 24.9 Å². The van der Waals surface area contributed by atoms with E-state index in [1.54, 1.807) is 0 Å². The Balaban J connectivity index is 1.91. The third-order valence-corrected chi connectivity index (χ3v) is 4.37. The Morgan fingerprint density at radius 1 is 1.41 bits per heavy atom. The van der Waals surface area contributed by atoms with E-state index in [4.69, 9.17) is 11.6 Å². The highest BCUT2D eigenvalue weighted by molar-refractivity contribution is 6.30. The van der Waals surface area contributed by atoms with Crippen molar-refractivity contribution in [3.63, 3.8) is 0 Å². The average Bonchev–Trinajstić information content (AvgIpc) is 2.79. The Hall–Kier alpha value is -0.860. The third-order valence-electron chi connectivity index (χ3n) is 3.98. The van der Waals surface area contributed by atoms with Gasteiger partial charge in [-0.15, -0.1) is 0 Å². The largest absolute Gasteiger partial charge is 0.316 e. The van der Waals surface area contributed by atoms with Crippen LogP contribution >= 0.6 is 11.6 Å². The summed E-state index contributed by atoms with van der Waals surface area (Å²) in [6, 6.07) is 2.16. The van der Waals surface area contributed by atoms with Crippen LogP contribution in [0.2, 0.25) is 5.15 Å². The van der Waals surface area contributed by atoms with Crippen LogP contribution in [0.4, 0.5) is 0 Å². The molecule has 0 spiro atoms. The normalized spacial score (nSPS) is 27.8. The molecule has 0 aromatic carbocycles. The van der Waals surface area contributed by atoms with Crippen LogP contribution in [-0.4, -0.2) is 18.1 Å². The maximum absolute atomic E-state index is 5.97. The molecule has 0 amide bonds. The number of aryl methyl sites for hydroxylation is 1. The summed E-state index contributed by atoms with van der Waals surface area (Å²) in [4.78, 5) is 4.25. The molecule has 1 saturated heterocycles. The molecule has 0 unspecified atom stereocenters. The zero-order chi connectivity index (χ0) is 11.8. The van der Waals surface area contributed by atoms with Crippen molar-refractivity contribution in [2.75, 3.05) is 13.1 Å². The Bertz CT molecular complexity index is 467. The predicted molar refractivity (Wildman–Crippen MR) is 71.0 cm³/mol. The number of aromatic nitrogens is 1. The van der Waals surface area contributed by atoms with E-state index < -0.39 is 0 Å². The molecule has 1 aliphatic heterocycles. The van der Waals surface area contributed by atoms with Crippen molar-refractivity contribution >= 4 is 17.2 Å². The minimum absolute atomic E-state index is 0.616. The second-order valence-electron chi connectivity index (χ2n) is 5.14. The van der Waals surface area contributed by atoms with Gasteiger partial charge in [-0.25, -0.2) is 4.98 Å². The second kappa shape index (κ2) is 4.43. The minimum atomic E-state index is 0.616. The average molecular weight is 249 g/mol. The highest BCUT2D eigenvalue weighted by atomic mass is 35.5. The zero-order valence-electron chi connectivity index (χ0n) is 10.0. The van der Waals surface area contributed by atoms with Gasteiger partial charge in [0.05, 0.1) is 0 Å². The summed E-state index contributed by atoms with van der Waals surface area (Å²) in [5.74, 6) is 1.56. The quantitative estimate of drug-likeness (QED) is 0.773. The molecule has 2 heterocycles. The fraction of sp³-hybridized carbons (Fsp3) is 0.500. The van der Waals surface area contributed by atoms with Gasteiger partial charge in [-0.1, -0.05) is 17.7 Å². The minimum Gasteiger partial charge on any atom is -0.316 e. The van der Waals surface area contributed by atoms with E-state index in [9.17, 15) is 0 Å². The second-order valence-corrected chi connectivity index (χ2v) is 5.50. The molecule has 1 fully saturated rings. The molecule has 90 valence electrons. The lowest BCUT2D eigenvalue weighted by atomic mass is 9.81. The van der Waals surface area contributed by atoms with Gasteiger partial charge < -0.3 is 5.32 Å². The summed E-state index contributed by atoms with van der Waals surface area (Å²) < 4.78 is 0. The van der Waals surface area contributed by atoms with Crippen LogP contribution in [0.5, 0.6) is 0 Å². The number of rotatable bonds is 1. The van der Waals surface area contributed by atoms with Crippen LogP contribution in [0, 0.1) is 18.8 Å². The molecule has 1 aliphatic carbocycles. The molecular formula is C14H17ClN2. The molecule has 0 radical (unpaired) electrons. The number of nitrogens with zero attached hydrogens (tertiary/aromatic N) is 1. The Labute approximate surface area is 107 Å². The lowest BCUT2D eigenvalue weighted by Gasteiger charge is -2.23. The van der Waals surface area contributed by atoms with Gasteiger partial charge in [-0.05, 0) is 60.9 Å². The van der Waals surface area contributed by atoms with Gasteiger partial charge >= 0.3 is 0 Å². The van der Waals surface area contributed by atoms with Gasteiger partial charge in [-0.3, -0.25) is 0 Å². The molecular weight excluding hydrogens is 232 g/mol. The van der Waals surface area contributed by atoms with Crippen LogP contribution in [0.1, 0.15) is 24.0 Å². The maximum atomic E-state index is 5.97. The summed E-state index contributed by atoms with van der Waals surface area (Å²) in [5, 5.41) is 4.09. The van der Waals surface area contributed by atoms with E-state index in [2.05, 4.69) is 22.4 Å². The van der Waals surface area contributed by atoms with E-state index in [0.29, 0.717) is 5.15 Å². The van der Waals surface area contributed by atoms with E-state index in [0.717, 1.165) is 23.9 Å². The molecule has 2 nitrogen and oxygen atoms in total. The number of hydrogen-bond donors (Lipinski definition) is 1. The molecule has 3 heteroatoms. The smallest absolute Gasteiger partial charge is 0.131 e. The molecule has 1 aromatic heterocycles.